The fourth-order valence-corrected chi connectivity index (χ4v) is 2.20. The number of hydrogen-bond acceptors (Lipinski definition) is 3. The number of nitrogens with one attached hydrogen (secondary N) is 2. The second kappa shape index (κ2) is 5.20. The molecule has 21 heavy (non-hydrogen) atoms. The monoisotopic (exact) mass is 279 g/mol. The number of fused-ring (bicyclic) bond motifs is 1. The van der Waals surface area contributed by atoms with Crippen LogP contribution < -0.4 is 10.9 Å². The van der Waals surface area contributed by atoms with Gasteiger partial charge in [0.2, 0.25) is 0 Å². The number of benzene rings is 2. The van der Waals surface area contributed by atoms with Gasteiger partial charge in [-0.2, -0.15) is 5.10 Å². The molecule has 0 aliphatic carbocycles. The minimum absolute atomic E-state index is 0.201. The number of H-pyrrole nitrogens is 1. The maximum atomic E-state index is 12.4. The summed E-state index contributed by atoms with van der Waals surface area (Å²) in [6, 6.07) is 14.4. The molecule has 0 spiro atoms. The third-order valence-electron chi connectivity index (χ3n) is 3.19. The largest absolute Gasteiger partial charge is 0.321 e. The summed E-state index contributed by atoms with van der Waals surface area (Å²) in [4.78, 5) is 24.1. The van der Waals surface area contributed by atoms with E-state index in [1.807, 2.05) is 25.1 Å². The molecular weight excluding hydrogens is 266 g/mol. The Hall–Kier alpha value is -2.95. The zero-order valence-electron chi connectivity index (χ0n) is 11.4. The van der Waals surface area contributed by atoms with Gasteiger partial charge in [0.25, 0.3) is 11.5 Å². The fraction of sp³-hybridized carbons (Fsp3) is 0.0625. The molecule has 2 aromatic carbocycles. The van der Waals surface area contributed by atoms with Crippen LogP contribution in [0, 0.1) is 6.92 Å². The number of hydrogen-bond donors (Lipinski definition) is 2. The van der Waals surface area contributed by atoms with Gasteiger partial charge in [0.05, 0.1) is 5.39 Å². The lowest BCUT2D eigenvalue weighted by Gasteiger charge is -2.07. The van der Waals surface area contributed by atoms with Gasteiger partial charge in [-0.25, -0.2) is 5.10 Å². The van der Waals surface area contributed by atoms with Gasteiger partial charge in [-0.3, -0.25) is 9.59 Å². The van der Waals surface area contributed by atoms with Crippen LogP contribution in [0.2, 0.25) is 0 Å². The smallest absolute Gasteiger partial charge is 0.276 e. The predicted octanol–water partition coefficient (Wildman–Crippen LogP) is 2.48. The molecule has 2 N–H and O–H groups in total. The van der Waals surface area contributed by atoms with E-state index in [4.69, 9.17) is 0 Å². The lowest BCUT2D eigenvalue weighted by atomic mass is 10.1. The summed E-state index contributed by atoms with van der Waals surface area (Å²) >= 11 is 0. The van der Waals surface area contributed by atoms with Gasteiger partial charge < -0.3 is 5.32 Å². The molecule has 1 amide bonds. The van der Waals surface area contributed by atoms with Gasteiger partial charge in [-0.05, 0) is 30.7 Å². The van der Waals surface area contributed by atoms with E-state index >= 15 is 0 Å². The van der Waals surface area contributed by atoms with E-state index in [1.165, 1.54) is 0 Å². The maximum Gasteiger partial charge on any atom is 0.276 e. The second-order valence-electron chi connectivity index (χ2n) is 4.77. The van der Waals surface area contributed by atoms with Gasteiger partial charge in [-0.1, -0.05) is 30.3 Å². The maximum absolute atomic E-state index is 12.4. The molecule has 104 valence electrons. The molecule has 0 unspecified atom stereocenters. The summed E-state index contributed by atoms with van der Waals surface area (Å²) in [7, 11) is 0. The van der Waals surface area contributed by atoms with Crippen molar-refractivity contribution in [3.05, 3.63) is 70.1 Å². The van der Waals surface area contributed by atoms with Crippen molar-refractivity contribution in [3.63, 3.8) is 0 Å². The summed E-state index contributed by atoms with van der Waals surface area (Å²) in [5.41, 5.74) is 1.63. The summed E-state index contributed by atoms with van der Waals surface area (Å²) in [5.74, 6) is -0.354. The first kappa shape index (κ1) is 13.1. The molecule has 0 bridgehead atoms. The number of carbonyl (C=O) groups excluding carboxylic acids is 1. The third-order valence-corrected chi connectivity index (χ3v) is 3.19. The van der Waals surface area contributed by atoms with Gasteiger partial charge >= 0.3 is 0 Å². The molecule has 0 fully saturated rings. The normalized spacial score (nSPS) is 10.5. The Kier molecular flexibility index (Phi) is 3.23. The van der Waals surface area contributed by atoms with Gasteiger partial charge in [0.15, 0.2) is 5.69 Å². The Balaban J connectivity index is 2.03. The first-order valence-corrected chi connectivity index (χ1v) is 6.50. The Morgan fingerprint density at radius 3 is 2.62 bits per heavy atom. The van der Waals surface area contributed by atoms with Crippen molar-refractivity contribution in [2.75, 3.05) is 5.32 Å². The first-order chi connectivity index (χ1) is 10.1. The second-order valence-corrected chi connectivity index (χ2v) is 4.77. The standard InChI is InChI=1S/C16H13N3O2/c1-10-5-4-6-11(9-10)17-16(21)14-12-7-2-3-8-13(12)15(20)19-18-14/h2-9H,1H3,(H,17,21)(H,19,20). The van der Waals surface area contributed by atoms with Crippen LogP contribution in [-0.2, 0) is 0 Å². The minimum Gasteiger partial charge on any atom is -0.321 e. The number of rotatable bonds is 2. The van der Waals surface area contributed by atoms with Gasteiger partial charge in [-0.15, -0.1) is 0 Å². The summed E-state index contributed by atoms with van der Waals surface area (Å²) in [5, 5.41) is 10.00. The highest BCUT2D eigenvalue weighted by Gasteiger charge is 2.13. The van der Waals surface area contributed by atoms with Crippen LogP contribution in [0.25, 0.3) is 10.8 Å². The Bertz CT molecular complexity index is 884. The molecule has 3 aromatic rings. The molecule has 5 heteroatoms. The lowest BCUT2D eigenvalue weighted by molar-refractivity contribution is 0.102. The van der Waals surface area contributed by atoms with Crippen molar-refractivity contribution in [1.82, 2.24) is 10.2 Å². The molecule has 0 saturated heterocycles. The van der Waals surface area contributed by atoms with Crippen molar-refractivity contribution in [2.45, 2.75) is 6.92 Å². The number of nitrogens with zero attached hydrogens (tertiary/aromatic N) is 1. The van der Waals surface area contributed by atoms with E-state index < -0.39 is 0 Å². The fourth-order valence-electron chi connectivity index (χ4n) is 2.20. The van der Waals surface area contributed by atoms with Gasteiger partial charge in [0, 0.05) is 11.1 Å². The van der Waals surface area contributed by atoms with E-state index in [9.17, 15) is 9.59 Å². The SMILES string of the molecule is Cc1cccc(NC(=O)c2n[nH]c(=O)c3ccccc23)c1. The molecular formula is C16H13N3O2. The molecule has 0 saturated carbocycles. The number of amides is 1. The topological polar surface area (TPSA) is 74.8 Å². The number of aryl methyl sites for hydroxylation is 1. The molecule has 0 aliphatic rings. The van der Waals surface area contributed by atoms with Crippen molar-refractivity contribution >= 4 is 22.4 Å². The highest BCUT2D eigenvalue weighted by molar-refractivity contribution is 6.11. The number of aromatic amines is 1. The highest BCUT2D eigenvalue weighted by atomic mass is 16.2. The van der Waals surface area contributed by atoms with E-state index in [1.54, 1.807) is 30.3 Å². The van der Waals surface area contributed by atoms with E-state index in [2.05, 4.69) is 15.5 Å². The van der Waals surface area contributed by atoms with Crippen LogP contribution in [0.3, 0.4) is 0 Å². The highest BCUT2D eigenvalue weighted by Crippen LogP contribution is 2.15. The Morgan fingerprint density at radius 1 is 1.10 bits per heavy atom. The number of carbonyl (C=O) groups is 1. The zero-order chi connectivity index (χ0) is 14.8. The number of aromatic nitrogens is 2. The van der Waals surface area contributed by atoms with Crippen molar-refractivity contribution < 1.29 is 4.79 Å². The van der Waals surface area contributed by atoms with Crippen molar-refractivity contribution in [3.8, 4) is 0 Å². The summed E-state index contributed by atoms with van der Waals surface area (Å²) < 4.78 is 0. The lowest BCUT2D eigenvalue weighted by Crippen LogP contribution is -2.19. The van der Waals surface area contributed by atoms with Crippen LogP contribution in [0.4, 0.5) is 5.69 Å². The first-order valence-electron chi connectivity index (χ1n) is 6.50. The van der Waals surface area contributed by atoms with Crippen molar-refractivity contribution in [1.29, 1.82) is 0 Å². The molecule has 3 rings (SSSR count). The van der Waals surface area contributed by atoms with Crippen molar-refractivity contribution in [2.24, 2.45) is 0 Å². The van der Waals surface area contributed by atoms with Crippen LogP contribution in [-0.4, -0.2) is 16.1 Å². The molecule has 0 radical (unpaired) electrons. The van der Waals surface area contributed by atoms with Crippen LogP contribution in [0.1, 0.15) is 16.1 Å². The number of anilines is 1. The van der Waals surface area contributed by atoms with Crippen LogP contribution in [0.15, 0.2) is 53.3 Å². The molecule has 1 heterocycles. The van der Waals surface area contributed by atoms with Crippen LogP contribution in [0.5, 0.6) is 0 Å². The quantitative estimate of drug-likeness (QED) is 0.756. The molecule has 5 nitrogen and oxygen atoms in total. The Morgan fingerprint density at radius 2 is 1.86 bits per heavy atom. The minimum atomic E-state index is -0.354. The van der Waals surface area contributed by atoms with E-state index in [0.29, 0.717) is 16.5 Å². The zero-order valence-corrected chi connectivity index (χ0v) is 11.4. The summed E-state index contributed by atoms with van der Waals surface area (Å²) in [6.07, 6.45) is 0. The van der Waals surface area contributed by atoms with Gasteiger partial charge in [0.1, 0.15) is 0 Å². The summed E-state index contributed by atoms with van der Waals surface area (Å²) in [6.45, 7) is 1.95. The third kappa shape index (κ3) is 2.53. The van der Waals surface area contributed by atoms with Crippen LogP contribution >= 0.6 is 0 Å². The van der Waals surface area contributed by atoms with E-state index in [-0.39, 0.29) is 17.2 Å². The predicted molar refractivity (Wildman–Crippen MR) is 81.5 cm³/mol. The average molecular weight is 279 g/mol. The molecule has 0 atom stereocenters. The van der Waals surface area contributed by atoms with E-state index in [0.717, 1.165) is 5.56 Å². The molecule has 0 aliphatic heterocycles. The molecule has 1 aromatic heterocycles. The Labute approximate surface area is 120 Å². The average Bonchev–Trinajstić information content (AvgIpc) is 2.48.